The van der Waals surface area contributed by atoms with Gasteiger partial charge in [-0.05, 0) is 55.3 Å². The van der Waals surface area contributed by atoms with E-state index in [-0.39, 0.29) is 10.5 Å². The molecule has 3 aromatic carbocycles. The van der Waals surface area contributed by atoms with Gasteiger partial charge in [-0.2, -0.15) is 0 Å². The summed E-state index contributed by atoms with van der Waals surface area (Å²) < 4.78 is 28.3. The molecule has 7 nitrogen and oxygen atoms in total. The van der Waals surface area contributed by atoms with Gasteiger partial charge in [0.05, 0.1) is 10.5 Å². The van der Waals surface area contributed by atoms with Gasteiger partial charge in [-0.25, -0.2) is 18.4 Å². The molecule has 1 atom stereocenters. The molecule has 0 saturated carbocycles. The maximum Gasteiger partial charge on any atom is 0.339 e. The van der Waals surface area contributed by atoms with Crippen molar-refractivity contribution in [3.8, 4) is 0 Å². The Labute approximate surface area is 180 Å². The average Bonchev–Trinajstić information content (AvgIpc) is 2.74. The lowest BCUT2D eigenvalue weighted by Gasteiger charge is -2.19. The number of nitrogens with one attached hydrogen (secondary N) is 1. The van der Waals surface area contributed by atoms with Crippen molar-refractivity contribution in [3.63, 3.8) is 0 Å². The molecule has 3 aromatic rings. The Morgan fingerprint density at radius 3 is 2.19 bits per heavy atom. The first-order chi connectivity index (χ1) is 14.6. The normalized spacial score (nSPS) is 12.1. The molecular formula is C23H22N2O5S. The average molecular weight is 439 g/mol. The third-order valence-electron chi connectivity index (χ3n) is 4.63. The van der Waals surface area contributed by atoms with Crippen LogP contribution >= 0.6 is 0 Å². The van der Waals surface area contributed by atoms with E-state index in [0.29, 0.717) is 11.3 Å². The summed E-state index contributed by atoms with van der Waals surface area (Å²) >= 11 is 0. The number of carbonyl (C=O) groups excluding carboxylic acids is 2. The summed E-state index contributed by atoms with van der Waals surface area (Å²) in [6.45, 7) is 3.78. The van der Waals surface area contributed by atoms with Gasteiger partial charge >= 0.3 is 5.97 Å². The third-order valence-corrected chi connectivity index (χ3v) is 5.56. The summed E-state index contributed by atoms with van der Waals surface area (Å²) in [5.74, 6) is -1.28. The van der Waals surface area contributed by atoms with E-state index < -0.39 is 28.0 Å². The van der Waals surface area contributed by atoms with Gasteiger partial charge in [-0.15, -0.1) is 0 Å². The number of aryl methyl sites for hydroxylation is 2. The molecule has 0 aliphatic carbocycles. The predicted molar refractivity (Wildman–Crippen MR) is 117 cm³/mol. The highest BCUT2D eigenvalue weighted by Gasteiger charge is 2.26. The minimum Gasteiger partial charge on any atom is -0.444 e. The third kappa shape index (κ3) is 5.56. The summed E-state index contributed by atoms with van der Waals surface area (Å²) in [4.78, 5) is 25.6. The highest BCUT2D eigenvalue weighted by atomic mass is 32.2. The van der Waals surface area contributed by atoms with Crippen LogP contribution in [0.1, 0.15) is 33.2 Å². The second-order valence-corrected chi connectivity index (χ2v) is 8.63. The lowest BCUT2D eigenvalue weighted by atomic mass is 10.1. The number of sulfonamides is 1. The van der Waals surface area contributed by atoms with Crippen molar-refractivity contribution in [3.05, 3.63) is 95.1 Å². The molecule has 0 unspecified atom stereocenters. The topological polar surface area (TPSA) is 116 Å². The van der Waals surface area contributed by atoms with E-state index in [1.54, 1.807) is 30.3 Å². The second kappa shape index (κ2) is 9.11. The van der Waals surface area contributed by atoms with Gasteiger partial charge in [-0.3, -0.25) is 4.79 Å². The number of hydrogen-bond donors (Lipinski definition) is 2. The number of carbonyl (C=O) groups is 2. The molecule has 0 aliphatic heterocycles. The van der Waals surface area contributed by atoms with Crippen LogP contribution in [0.4, 0.5) is 5.69 Å². The number of hydrogen-bond acceptors (Lipinski definition) is 5. The van der Waals surface area contributed by atoms with Crippen molar-refractivity contribution in [2.45, 2.75) is 24.8 Å². The number of benzene rings is 3. The van der Waals surface area contributed by atoms with Crippen molar-refractivity contribution >= 4 is 27.6 Å². The van der Waals surface area contributed by atoms with Crippen molar-refractivity contribution in [1.82, 2.24) is 0 Å². The molecule has 8 heteroatoms. The number of esters is 1. The van der Waals surface area contributed by atoms with E-state index in [2.05, 4.69) is 5.32 Å². The van der Waals surface area contributed by atoms with Crippen LogP contribution in [0.15, 0.2) is 77.7 Å². The van der Waals surface area contributed by atoms with E-state index in [4.69, 9.17) is 9.88 Å². The quantitative estimate of drug-likeness (QED) is 0.572. The first-order valence-electron chi connectivity index (χ1n) is 9.42. The van der Waals surface area contributed by atoms with E-state index in [0.717, 1.165) is 11.1 Å². The Hall–Kier alpha value is -3.49. The second-order valence-electron chi connectivity index (χ2n) is 7.07. The maximum atomic E-state index is 13.0. The Morgan fingerprint density at radius 1 is 0.935 bits per heavy atom. The van der Waals surface area contributed by atoms with E-state index in [1.165, 1.54) is 24.3 Å². The summed E-state index contributed by atoms with van der Waals surface area (Å²) in [5, 5.41) is 7.90. The molecule has 3 rings (SSSR count). The molecule has 0 aliphatic rings. The van der Waals surface area contributed by atoms with Crippen LogP contribution < -0.4 is 10.5 Å². The van der Waals surface area contributed by atoms with Gasteiger partial charge in [0.15, 0.2) is 0 Å². The van der Waals surface area contributed by atoms with Gasteiger partial charge in [0.1, 0.15) is 0 Å². The van der Waals surface area contributed by atoms with Crippen LogP contribution in [0, 0.1) is 13.8 Å². The van der Waals surface area contributed by atoms with Gasteiger partial charge in [0.2, 0.25) is 16.1 Å². The smallest absolute Gasteiger partial charge is 0.339 e. The SMILES string of the molecule is Cc1ccc(C)c(NC(=O)[C@H](OC(=O)c2ccc(S(N)(=O)=O)cc2)c2ccccc2)c1. The fourth-order valence-electron chi connectivity index (χ4n) is 2.93. The Balaban J connectivity index is 1.86. The molecule has 0 saturated heterocycles. The van der Waals surface area contributed by atoms with Crippen LogP contribution in [0.2, 0.25) is 0 Å². The fraction of sp³-hybridized carbons (Fsp3) is 0.130. The molecule has 0 bridgehead atoms. The highest BCUT2D eigenvalue weighted by Crippen LogP contribution is 2.24. The molecule has 160 valence electrons. The molecule has 0 spiro atoms. The molecule has 31 heavy (non-hydrogen) atoms. The lowest BCUT2D eigenvalue weighted by molar-refractivity contribution is -0.125. The number of amides is 1. The molecule has 0 fully saturated rings. The van der Waals surface area contributed by atoms with Gasteiger partial charge in [-0.1, -0.05) is 42.5 Å². The summed E-state index contributed by atoms with van der Waals surface area (Å²) in [6.07, 6.45) is -1.20. The zero-order chi connectivity index (χ0) is 22.6. The van der Waals surface area contributed by atoms with Gasteiger partial charge in [0, 0.05) is 11.3 Å². The number of rotatable bonds is 6. The van der Waals surface area contributed by atoms with Crippen molar-refractivity contribution < 1.29 is 22.7 Å². The van der Waals surface area contributed by atoms with Crippen molar-refractivity contribution in [1.29, 1.82) is 0 Å². The van der Waals surface area contributed by atoms with E-state index in [9.17, 15) is 18.0 Å². The van der Waals surface area contributed by atoms with Crippen LogP contribution in [0.3, 0.4) is 0 Å². The van der Waals surface area contributed by atoms with Crippen LogP contribution in [-0.2, 0) is 19.6 Å². The Bertz CT molecular complexity index is 1210. The first kappa shape index (κ1) is 22.2. The lowest BCUT2D eigenvalue weighted by Crippen LogP contribution is -2.26. The number of nitrogens with two attached hydrogens (primary N) is 1. The highest BCUT2D eigenvalue weighted by molar-refractivity contribution is 7.89. The van der Waals surface area contributed by atoms with E-state index >= 15 is 0 Å². The van der Waals surface area contributed by atoms with Crippen LogP contribution in [0.5, 0.6) is 0 Å². The molecule has 3 N–H and O–H groups in total. The number of ether oxygens (including phenoxy) is 1. The Morgan fingerprint density at radius 2 is 1.58 bits per heavy atom. The fourth-order valence-corrected chi connectivity index (χ4v) is 3.44. The van der Waals surface area contributed by atoms with Gasteiger partial charge < -0.3 is 10.1 Å². The summed E-state index contributed by atoms with van der Waals surface area (Å²) in [5.41, 5.74) is 3.06. The molecule has 0 radical (unpaired) electrons. The molecular weight excluding hydrogens is 416 g/mol. The number of anilines is 1. The van der Waals surface area contributed by atoms with Crippen LogP contribution in [0.25, 0.3) is 0 Å². The maximum absolute atomic E-state index is 13.0. The monoisotopic (exact) mass is 438 g/mol. The van der Waals surface area contributed by atoms with Crippen LogP contribution in [-0.4, -0.2) is 20.3 Å². The Kier molecular flexibility index (Phi) is 6.53. The van der Waals surface area contributed by atoms with E-state index in [1.807, 2.05) is 32.0 Å². The predicted octanol–water partition coefficient (Wildman–Crippen LogP) is 3.49. The standard InChI is InChI=1S/C23H22N2O5S/c1-15-8-9-16(2)20(14-15)25-22(26)21(17-6-4-3-5-7-17)30-23(27)18-10-12-19(13-11-18)31(24,28)29/h3-14,21H,1-2H3,(H,25,26)(H2,24,28,29)/t21-/m1/s1. The summed E-state index contributed by atoms with van der Waals surface area (Å²) in [6, 6.07) is 19.3. The molecule has 1 amide bonds. The van der Waals surface area contributed by atoms with Gasteiger partial charge in [0.25, 0.3) is 5.91 Å². The molecule has 0 heterocycles. The largest absolute Gasteiger partial charge is 0.444 e. The molecule has 0 aromatic heterocycles. The first-order valence-corrected chi connectivity index (χ1v) is 11.0. The van der Waals surface area contributed by atoms with Crippen molar-refractivity contribution in [2.24, 2.45) is 5.14 Å². The minimum absolute atomic E-state index is 0.0906. The summed E-state index contributed by atoms with van der Waals surface area (Å²) in [7, 11) is -3.88. The zero-order valence-corrected chi connectivity index (χ0v) is 17.8. The minimum atomic E-state index is -3.88. The zero-order valence-electron chi connectivity index (χ0n) is 17.0. The van der Waals surface area contributed by atoms with Crippen molar-refractivity contribution in [2.75, 3.05) is 5.32 Å². The number of primary sulfonamides is 1.